The van der Waals surface area contributed by atoms with E-state index in [1.54, 1.807) is 30.0 Å². The van der Waals surface area contributed by atoms with Gasteiger partial charge in [0, 0.05) is 5.02 Å². The highest BCUT2D eigenvalue weighted by Crippen LogP contribution is 2.25. The van der Waals surface area contributed by atoms with Crippen molar-refractivity contribution in [3.63, 3.8) is 0 Å². The van der Waals surface area contributed by atoms with Crippen molar-refractivity contribution in [2.75, 3.05) is 4.90 Å². The van der Waals surface area contributed by atoms with Crippen LogP contribution in [0.5, 0.6) is 0 Å². The molecule has 2 aromatic rings. The molecule has 1 aliphatic heterocycles. The van der Waals surface area contributed by atoms with Gasteiger partial charge in [0.2, 0.25) is 0 Å². The molecule has 0 saturated carbocycles. The zero-order valence-corrected chi connectivity index (χ0v) is 16.9. The van der Waals surface area contributed by atoms with Crippen LogP contribution in [0.2, 0.25) is 5.02 Å². The molecule has 0 unspecified atom stereocenters. The summed E-state index contributed by atoms with van der Waals surface area (Å²) >= 11 is 10.6. The lowest BCUT2D eigenvalue weighted by molar-refractivity contribution is -0.113. The van der Waals surface area contributed by atoms with Gasteiger partial charge >= 0.3 is 0 Å². The standard InChI is InChI=1S/C20H18ClN5OS/c1-12(24-25-20(22)28)15-5-9-17(10-6-15)26-13(2)23-18(19(26)27)11-14-3-7-16(21)8-4-14/h3-11H,1-2H3,(H3,22,25,28)/b18-11+,24-12+. The molecular formula is C20H18ClN5OS. The largest absolute Gasteiger partial charge is 0.375 e. The van der Waals surface area contributed by atoms with Crippen LogP contribution in [0.25, 0.3) is 6.08 Å². The van der Waals surface area contributed by atoms with Crippen molar-refractivity contribution in [1.82, 2.24) is 5.43 Å². The second kappa shape index (κ2) is 8.33. The molecule has 3 rings (SSSR count). The summed E-state index contributed by atoms with van der Waals surface area (Å²) in [7, 11) is 0. The van der Waals surface area contributed by atoms with Crippen molar-refractivity contribution in [1.29, 1.82) is 0 Å². The van der Waals surface area contributed by atoms with E-state index in [1.165, 1.54) is 0 Å². The number of anilines is 1. The number of benzene rings is 2. The van der Waals surface area contributed by atoms with E-state index in [0.29, 0.717) is 16.6 Å². The summed E-state index contributed by atoms with van der Waals surface area (Å²) in [6, 6.07) is 14.7. The fourth-order valence-corrected chi connectivity index (χ4v) is 2.88. The van der Waals surface area contributed by atoms with Crippen LogP contribution in [-0.4, -0.2) is 22.6 Å². The van der Waals surface area contributed by atoms with E-state index >= 15 is 0 Å². The van der Waals surface area contributed by atoms with Gasteiger partial charge in [-0.15, -0.1) is 0 Å². The van der Waals surface area contributed by atoms with Gasteiger partial charge in [0.1, 0.15) is 11.5 Å². The first-order valence-electron chi connectivity index (χ1n) is 8.42. The zero-order chi connectivity index (χ0) is 20.3. The van der Waals surface area contributed by atoms with Gasteiger partial charge in [0.05, 0.1) is 11.4 Å². The number of nitrogens with two attached hydrogens (primary N) is 1. The topological polar surface area (TPSA) is 83.1 Å². The Hall–Kier alpha value is -3.03. The lowest BCUT2D eigenvalue weighted by atomic mass is 10.1. The number of nitrogens with zero attached hydrogens (tertiary/aromatic N) is 3. The molecule has 1 aliphatic rings. The number of aliphatic imine (C=N–C) groups is 1. The smallest absolute Gasteiger partial charge is 0.282 e. The van der Waals surface area contributed by atoms with Crippen LogP contribution in [-0.2, 0) is 4.79 Å². The minimum atomic E-state index is -0.180. The number of carbonyl (C=O) groups is 1. The van der Waals surface area contributed by atoms with E-state index in [2.05, 4.69) is 15.5 Å². The van der Waals surface area contributed by atoms with Crippen molar-refractivity contribution >= 4 is 58.1 Å². The number of carbonyl (C=O) groups excluding carboxylic acids is 1. The SMILES string of the molecule is CC1=N/C(=C/c2ccc(Cl)cc2)C(=O)N1c1ccc(/C(C)=N/NC(N)=S)cc1. The molecule has 0 fully saturated rings. The van der Waals surface area contributed by atoms with E-state index < -0.39 is 0 Å². The van der Waals surface area contributed by atoms with E-state index in [9.17, 15) is 4.79 Å². The molecule has 6 nitrogen and oxygen atoms in total. The average molecular weight is 412 g/mol. The summed E-state index contributed by atoms with van der Waals surface area (Å²) < 4.78 is 0. The predicted molar refractivity (Wildman–Crippen MR) is 119 cm³/mol. The summed E-state index contributed by atoms with van der Waals surface area (Å²) in [6.07, 6.45) is 1.74. The van der Waals surface area contributed by atoms with Gasteiger partial charge in [-0.3, -0.25) is 15.1 Å². The normalized spacial score (nSPS) is 15.8. The highest BCUT2D eigenvalue weighted by atomic mass is 35.5. The Labute approximate surface area is 173 Å². The third kappa shape index (κ3) is 4.44. The van der Waals surface area contributed by atoms with E-state index in [0.717, 1.165) is 22.5 Å². The van der Waals surface area contributed by atoms with Crippen LogP contribution >= 0.6 is 23.8 Å². The van der Waals surface area contributed by atoms with Crippen molar-refractivity contribution in [2.24, 2.45) is 15.8 Å². The minimum Gasteiger partial charge on any atom is -0.375 e. The molecule has 2 aromatic carbocycles. The summed E-state index contributed by atoms with van der Waals surface area (Å²) in [4.78, 5) is 18.8. The molecule has 3 N–H and O–H groups in total. The maximum atomic E-state index is 12.8. The van der Waals surface area contributed by atoms with E-state index in [-0.39, 0.29) is 11.0 Å². The van der Waals surface area contributed by atoms with Crippen molar-refractivity contribution in [3.8, 4) is 0 Å². The summed E-state index contributed by atoms with van der Waals surface area (Å²) in [5.41, 5.74) is 11.5. The Morgan fingerprint density at radius 2 is 1.86 bits per heavy atom. The highest BCUT2D eigenvalue weighted by Gasteiger charge is 2.28. The number of hydrogen-bond acceptors (Lipinski definition) is 4. The lowest BCUT2D eigenvalue weighted by Gasteiger charge is -2.16. The van der Waals surface area contributed by atoms with Crippen LogP contribution in [0.15, 0.2) is 64.3 Å². The van der Waals surface area contributed by atoms with Gasteiger partial charge in [-0.2, -0.15) is 5.10 Å². The monoisotopic (exact) mass is 411 g/mol. The van der Waals surface area contributed by atoms with E-state index in [4.69, 9.17) is 29.6 Å². The molecule has 0 aliphatic carbocycles. The first-order valence-corrected chi connectivity index (χ1v) is 9.21. The molecule has 8 heteroatoms. The fraction of sp³-hybridized carbons (Fsp3) is 0.100. The fourth-order valence-electron chi connectivity index (χ4n) is 2.70. The van der Waals surface area contributed by atoms with Gasteiger partial charge in [-0.25, -0.2) is 4.99 Å². The number of amidine groups is 1. The first-order chi connectivity index (χ1) is 13.3. The Morgan fingerprint density at radius 1 is 1.21 bits per heavy atom. The second-order valence-electron chi connectivity index (χ2n) is 6.10. The van der Waals surface area contributed by atoms with Crippen LogP contribution in [0.4, 0.5) is 5.69 Å². The number of hydrogen-bond donors (Lipinski definition) is 2. The minimum absolute atomic E-state index is 0.102. The van der Waals surface area contributed by atoms with Crippen molar-refractivity contribution in [2.45, 2.75) is 13.8 Å². The Bertz CT molecular complexity index is 1010. The molecule has 0 radical (unpaired) electrons. The summed E-state index contributed by atoms with van der Waals surface area (Å²) in [6.45, 7) is 3.63. The summed E-state index contributed by atoms with van der Waals surface area (Å²) in [5.74, 6) is 0.430. The molecule has 0 saturated heterocycles. The van der Waals surface area contributed by atoms with E-state index in [1.807, 2.05) is 43.3 Å². The van der Waals surface area contributed by atoms with Gasteiger partial charge in [-0.1, -0.05) is 35.9 Å². The zero-order valence-electron chi connectivity index (χ0n) is 15.3. The predicted octanol–water partition coefficient (Wildman–Crippen LogP) is 3.70. The van der Waals surface area contributed by atoms with Crippen LogP contribution < -0.4 is 16.1 Å². The highest BCUT2D eigenvalue weighted by molar-refractivity contribution is 7.80. The number of nitrogens with one attached hydrogen (secondary N) is 1. The third-order valence-electron chi connectivity index (χ3n) is 4.08. The molecule has 0 atom stereocenters. The van der Waals surface area contributed by atoms with Gasteiger partial charge < -0.3 is 5.73 Å². The number of halogens is 1. The maximum Gasteiger partial charge on any atom is 0.282 e. The molecule has 0 aromatic heterocycles. The van der Waals surface area contributed by atoms with Crippen LogP contribution in [0, 0.1) is 0 Å². The lowest BCUT2D eigenvalue weighted by Crippen LogP contribution is -2.30. The van der Waals surface area contributed by atoms with Gasteiger partial charge in [0.25, 0.3) is 5.91 Å². The first kappa shape index (κ1) is 19.7. The number of rotatable bonds is 4. The van der Waals surface area contributed by atoms with Crippen molar-refractivity contribution < 1.29 is 4.79 Å². The molecular weight excluding hydrogens is 394 g/mol. The molecule has 28 heavy (non-hydrogen) atoms. The molecule has 142 valence electrons. The molecule has 0 bridgehead atoms. The third-order valence-corrected chi connectivity index (χ3v) is 4.42. The van der Waals surface area contributed by atoms with Crippen LogP contribution in [0.3, 0.4) is 0 Å². The number of amides is 1. The molecule has 1 amide bonds. The molecule has 1 heterocycles. The maximum absolute atomic E-state index is 12.8. The van der Waals surface area contributed by atoms with Crippen molar-refractivity contribution in [3.05, 3.63) is 70.4 Å². The number of thiocarbonyl (C=S) groups is 1. The number of hydrazone groups is 1. The van der Waals surface area contributed by atoms with Gasteiger partial charge in [-0.05, 0) is 67.5 Å². The average Bonchev–Trinajstić information content (AvgIpc) is 2.95. The second-order valence-corrected chi connectivity index (χ2v) is 6.98. The quantitative estimate of drug-likeness (QED) is 0.348. The Kier molecular flexibility index (Phi) is 5.87. The molecule has 0 spiro atoms. The van der Waals surface area contributed by atoms with Crippen LogP contribution in [0.1, 0.15) is 25.0 Å². The summed E-state index contributed by atoms with van der Waals surface area (Å²) in [5, 5.41) is 4.84. The Morgan fingerprint density at radius 3 is 2.46 bits per heavy atom. The Balaban J connectivity index is 1.82. The van der Waals surface area contributed by atoms with Gasteiger partial charge in [0.15, 0.2) is 5.11 Å².